The third-order valence-corrected chi connectivity index (χ3v) is 4.05. The molecule has 2 aliphatic carbocycles. The average molecular weight is 244 g/mol. The topological polar surface area (TPSA) is 15.3 Å². The summed E-state index contributed by atoms with van der Waals surface area (Å²) in [5.74, 6) is 1.93. The molecule has 0 spiro atoms. The van der Waals surface area contributed by atoms with Crippen molar-refractivity contribution < 1.29 is 0 Å². The van der Waals surface area contributed by atoms with E-state index in [2.05, 4.69) is 34.5 Å². The number of rotatable bonds is 7. The molecule has 0 saturated heterocycles. The van der Waals surface area contributed by atoms with Gasteiger partial charge in [-0.15, -0.1) is 0 Å². The van der Waals surface area contributed by atoms with Crippen LogP contribution < -0.4 is 10.2 Å². The first-order valence-electron chi connectivity index (χ1n) is 7.34. The molecule has 2 heteroatoms. The smallest absolute Gasteiger partial charge is 0.0412 e. The van der Waals surface area contributed by atoms with E-state index in [1.165, 1.54) is 50.0 Å². The Hall–Kier alpha value is -1.02. The third-order valence-electron chi connectivity index (χ3n) is 4.05. The Morgan fingerprint density at radius 3 is 2.22 bits per heavy atom. The summed E-state index contributed by atoms with van der Waals surface area (Å²) in [7, 11) is 2.03. The van der Waals surface area contributed by atoms with Crippen molar-refractivity contribution in [1.82, 2.24) is 5.32 Å². The van der Waals surface area contributed by atoms with Crippen molar-refractivity contribution in [2.45, 2.75) is 32.2 Å². The van der Waals surface area contributed by atoms with Gasteiger partial charge in [-0.25, -0.2) is 0 Å². The lowest BCUT2D eigenvalue weighted by atomic mass is 10.1. The molecule has 0 aromatic heterocycles. The van der Waals surface area contributed by atoms with Gasteiger partial charge in [0.05, 0.1) is 0 Å². The van der Waals surface area contributed by atoms with E-state index in [0.29, 0.717) is 0 Å². The summed E-state index contributed by atoms with van der Waals surface area (Å²) < 4.78 is 0. The summed E-state index contributed by atoms with van der Waals surface area (Å²) >= 11 is 0. The Bertz CT molecular complexity index is 380. The summed E-state index contributed by atoms with van der Waals surface area (Å²) in [6, 6.07) is 8.90. The van der Waals surface area contributed by atoms with Crippen molar-refractivity contribution in [2.24, 2.45) is 11.8 Å². The quantitative estimate of drug-likeness (QED) is 0.793. The van der Waals surface area contributed by atoms with Gasteiger partial charge in [-0.05, 0) is 56.2 Å². The number of anilines is 1. The van der Waals surface area contributed by atoms with E-state index in [4.69, 9.17) is 0 Å². The molecule has 1 N–H and O–H groups in total. The highest BCUT2D eigenvalue weighted by atomic mass is 15.1. The zero-order valence-electron chi connectivity index (χ0n) is 11.4. The molecular weight excluding hydrogens is 220 g/mol. The second-order valence-corrected chi connectivity index (χ2v) is 5.95. The molecule has 2 aliphatic rings. The fraction of sp³-hybridized carbons (Fsp3) is 0.625. The first kappa shape index (κ1) is 12.0. The molecular formula is C16H24N2. The van der Waals surface area contributed by atoms with Crippen LogP contribution in [0.1, 0.15) is 31.2 Å². The normalized spacial score (nSPS) is 18.9. The van der Waals surface area contributed by atoms with E-state index in [-0.39, 0.29) is 0 Å². The van der Waals surface area contributed by atoms with E-state index in [0.717, 1.165) is 18.4 Å². The van der Waals surface area contributed by atoms with Crippen LogP contribution in [0.2, 0.25) is 0 Å². The lowest BCUT2D eigenvalue weighted by Gasteiger charge is -2.27. The number of benzene rings is 1. The molecule has 18 heavy (non-hydrogen) atoms. The van der Waals surface area contributed by atoms with E-state index in [9.17, 15) is 0 Å². The van der Waals surface area contributed by atoms with Crippen LogP contribution in [0, 0.1) is 11.8 Å². The number of nitrogens with one attached hydrogen (secondary N) is 1. The number of para-hydroxylation sites is 1. The van der Waals surface area contributed by atoms with Gasteiger partial charge in [0.15, 0.2) is 0 Å². The van der Waals surface area contributed by atoms with Crippen LogP contribution in [-0.4, -0.2) is 20.1 Å². The van der Waals surface area contributed by atoms with Gasteiger partial charge in [-0.1, -0.05) is 18.2 Å². The van der Waals surface area contributed by atoms with E-state index >= 15 is 0 Å². The Morgan fingerprint density at radius 1 is 1.06 bits per heavy atom. The first-order valence-corrected chi connectivity index (χ1v) is 7.34. The molecule has 2 saturated carbocycles. The molecule has 2 nitrogen and oxygen atoms in total. The van der Waals surface area contributed by atoms with Gasteiger partial charge >= 0.3 is 0 Å². The van der Waals surface area contributed by atoms with Crippen molar-refractivity contribution in [2.75, 3.05) is 25.0 Å². The number of hydrogen-bond acceptors (Lipinski definition) is 2. The summed E-state index contributed by atoms with van der Waals surface area (Å²) in [5, 5.41) is 3.29. The highest BCUT2D eigenvalue weighted by molar-refractivity contribution is 5.54. The van der Waals surface area contributed by atoms with E-state index < -0.39 is 0 Å². The Labute approximate surface area is 110 Å². The Kier molecular flexibility index (Phi) is 3.55. The number of nitrogens with zero attached hydrogens (tertiary/aromatic N) is 1. The fourth-order valence-corrected chi connectivity index (χ4v) is 2.65. The van der Waals surface area contributed by atoms with Gasteiger partial charge in [-0.2, -0.15) is 0 Å². The molecule has 0 radical (unpaired) electrons. The summed E-state index contributed by atoms with van der Waals surface area (Å²) in [6.07, 6.45) is 5.76. The molecule has 0 heterocycles. The van der Waals surface area contributed by atoms with Gasteiger partial charge in [0.1, 0.15) is 0 Å². The molecule has 0 unspecified atom stereocenters. The summed E-state index contributed by atoms with van der Waals surface area (Å²) in [6.45, 7) is 3.52. The van der Waals surface area contributed by atoms with Crippen LogP contribution in [0.25, 0.3) is 0 Å². The van der Waals surface area contributed by atoms with E-state index in [1.54, 1.807) is 0 Å². The van der Waals surface area contributed by atoms with Gasteiger partial charge in [0.25, 0.3) is 0 Å². The third kappa shape index (κ3) is 3.05. The van der Waals surface area contributed by atoms with Crippen LogP contribution in [0.15, 0.2) is 24.3 Å². The van der Waals surface area contributed by atoms with Gasteiger partial charge in [0.2, 0.25) is 0 Å². The van der Waals surface area contributed by atoms with Crippen molar-refractivity contribution >= 4 is 5.69 Å². The molecule has 0 amide bonds. The second kappa shape index (κ2) is 5.31. The van der Waals surface area contributed by atoms with Crippen LogP contribution in [0.5, 0.6) is 0 Å². The lowest BCUT2D eigenvalue weighted by molar-refractivity contribution is 0.673. The molecule has 0 bridgehead atoms. The van der Waals surface area contributed by atoms with Crippen LogP contribution in [-0.2, 0) is 6.54 Å². The van der Waals surface area contributed by atoms with Crippen molar-refractivity contribution in [3.05, 3.63) is 29.8 Å². The minimum Gasteiger partial charge on any atom is -0.371 e. The fourth-order valence-electron chi connectivity index (χ4n) is 2.65. The minimum atomic E-state index is 0.964. The number of hydrogen-bond donors (Lipinski definition) is 1. The van der Waals surface area contributed by atoms with Gasteiger partial charge in [0, 0.05) is 25.3 Å². The maximum atomic E-state index is 3.29. The molecule has 1 aromatic carbocycles. The predicted octanol–water partition coefficient (Wildman–Crippen LogP) is 3.03. The highest BCUT2D eigenvalue weighted by Crippen LogP contribution is 2.36. The van der Waals surface area contributed by atoms with E-state index in [1.807, 2.05) is 7.05 Å². The highest BCUT2D eigenvalue weighted by Gasteiger charge is 2.29. The zero-order valence-corrected chi connectivity index (χ0v) is 11.4. The lowest BCUT2D eigenvalue weighted by Crippen LogP contribution is -2.29. The zero-order chi connectivity index (χ0) is 12.4. The summed E-state index contributed by atoms with van der Waals surface area (Å²) in [5.41, 5.74) is 2.91. The van der Waals surface area contributed by atoms with Gasteiger partial charge < -0.3 is 10.2 Å². The molecule has 98 valence electrons. The van der Waals surface area contributed by atoms with Crippen molar-refractivity contribution in [1.29, 1.82) is 0 Å². The standard InChI is InChI=1S/C16H24N2/c1-17-10-15-4-2-3-5-16(15)18(11-13-6-7-13)12-14-8-9-14/h2-5,13-14,17H,6-12H2,1H3. The van der Waals surface area contributed by atoms with Gasteiger partial charge in [-0.3, -0.25) is 0 Å². The predicted molar refractivity (Wildman–Crippen MR) is 76.9 cm³/mol. The molecule has 0 atom stereocenters. The van der Waals surface area contributed by atoms with Crippen LogP contribution in [0.4, 0.5) is 5.69 Å². The Morgan fingerprint density at radius 2 is 1.67 bits per heavy atom. The van der Waals surface area contributed by atoms with Crippen LogP contribution >= 0.6 is 0 Å². The SMILES string of the molecule is CNCc1ccccc1N(CC1CC1)CC1CC1. The molecule has 1 aromatic rings. The average Bonchev–Trinajstić information content (AvgIpc) is 3.24. The molecule has 2 fully saturated rings. The maximum absolute atomic E-state index is 3.29. The van der Waals surface area contributed by atoms with Crippen molar-refractivity contribution in [3.63, 3.8) is 0 Å². The molecule has 3 rings (SSSR count). The monoisotopic (exact) mass is 244 g/mol. The van der Waals surface area contributed by atoms with Crippen molar-refractivity contribution in [3.8, 4) is 0 Å². The second-order valence-electron chi connectivity index (χ2n) is 5.95. The first-order chi connectivity index (χ1) is 8.86. The Balaban J connectivity index is 1.77. The molecule has 0 aliphatic heterocycles. The minimum absolute atomic E-state index is 0.964. The maximum Gasteiger partial charge on any atom is 0.0412 e. The summed E-state index contributed by atoms with van der Waals surface area (Å²) in [4.78, 5) is 2.65. The largest absolute Gasteiger partial charge is 0.371 e. The van der Waals surface area contributed by atoms with Crippen LogP contribution in [0.3, 0.4) is 0 Å².